The number of piperidine rings is 1. The first kappa shape index (κ1) is 15.5. The maximum Gasteiger partial charge on any atom is 0.224 e. The second-order valence-electron chi connectivity index (χ2n) is 6.86. The highest BCUT2D eigenvalue weighted by molar-refractivity contribution is 5.77. The monoisotopic (exact) mass is 304 g/mol. The predicted molar refractivity (Wildman–Crippen MR) is 84.7 cm³/mol. The number of halogens is 1. The summed E-state index contributed by atoms with van der Waals surface area (Å²) in [7, 11) is 0. The Morgan fingerprint density at radius 3 is 2.64 bits per heavy atom. The van der Waals surface area contributed by atoms with Gasteiger partial charge in [0.2, 0.25) is 5.91 Å². The van der Waals surface area contributed by atoms with Crippen molar-refractivity contribution >= 4 is 5.91 Å². The largest absolute Gasteiger partial charge is 0.343 e. The van der Waals surface area contributed by atoms with Gasteiger partial charge in [0.05, 0.1) is 0 Å². The smallest absolute Gasteiger partial charge is 0.224 e. The third kappa shape index (κ3) is 4.07. The molecule has 1 amide bonds. The average Bonchev–Trinajstić information content (AvgIpc) is 3.32. The highest BCUT2D eigenvalue weighted by Crippen LogP contribution is 2.33. The van der Waals surface area contributed by atoms with Crippen LogP contribution in [0.2, 0.25) is 0 Å². The van der Waals surface area contributed by atoms with Crippen molar-refractivity contribution in [2.24, 2.45) is 17.6 Å². The fourth-order valence-electron chi connectivity index (χ4n) is 3.41. The zero-order valence-corrected chi connectivity index (χ0v) is 13.0. The molecule has 0 spiro atoms. The maximum absolute atomic E-state index is 13.2. The molecule has 1 heterocycles. The van der Waals surface area contributed by atoms with Crippen LogP contribution in [0.1, 0.15) is 37.7 Å². The lowest BCUT2D eigenvalue weighted by atomic mass is 9.90. The van der Waals surface area contributed by atoms with Crippen molar-refractivity contribution in [2.75, 3.05) is 13.1 Å². The van der Waals surface area contributed by atoms with Crippen LogP contribution in [-0.2, 0) is 11.2 Å². The third-order valence-electron chi connectivity index (χ3n) is 5.02. The molecule has 1 unspecified atom stereocenters. The second-order valence-corrected chi connectivity index (χ2v) is 6.86. The van der Waals surface area contributed by atoms with Crippen LogP contribution in [0.5, 0.6) is 0 Å². The van der Waals surface area contributed by atoms with Crippen LogP contribution < -0.4 is 5.73 Å². The summed E-state index contributed by atoms with van der Waals surface area (Å²) in [6.45, 7) is 1.63. The quantitative estimate of drug-likeness (QED) is 0.909. The lowest BCUT2D eigenvalue weighted by molar-refractivity contribution is -0.133. The number of amides is 1. The van der Waals surface area contributed by atoms with Crippen LogP contribution >= 0.6 is 0 Å². The zero-order valence-electron chi connectivity index (χ0n) is 13.0. The first-order chi connectivity index (χ1) is 10.6. The summed E-state index contributed by atoms with van der Waals surface area (Å²) in [5, 5.41) is 0. The van der Waals surface area contributed by atoms with Crippen LogP contribution in [0.25, 0.3) is 0 Å². The first-order valence-electron chi connectivity index (χ1n) is 8.39. The van der Waals surface area contributed by atoms with Gasteiger partial charge in [-0.1, -0.05) is 12.1 Å². The van der Waals surface area contributed by atoms with Crippen molar-refractivity contribution in [3.63, 3.8) is 0 Å². The topological polar surface area (TPSA) is 46.3 Å². The highest BCUT2D eigenvalue weighted by atomic mass is 19.1. The van der Waals surface area contributed by atoms with Crippen molar-refractivity contribution in [3.8, 4) is 0 Å². The molecule has 1 aliphatic carbocycles. The number of nitrogens with zero attached hydrogens (tertiary/aromatic N) is 1. The summed E-state index contributed by atoms with van der Waals surface area (Å²) >= 11 is 0. The van der Waals surface area contributed by atoms with E-state index in [9.17, 15) is 9.18 Å². The van der Waals surface area contributed by atoms with Gasteiger partial charge in [0.1, 0.15) is 5.82 Å². The van der Waals surface area contributed by atoms with Gasteiger partial charge in [-0.15, -0.1) is 0 Å². The number of hydrogen-bond acceptors (Lipinski definition) is 2. The summed E-state index contributed by atoms with van der Waals surface area (Å²) in [5.74, 6) is 1.17. The molecule has 1 aliphatic heterocycles. The lowest BCUT2D eigenvalue weighted by Crippen LogP contribution is -2.41. The van der Waals surface area contributed by atoms with Crippen molar-refractivity contribution in [1.82, 2.24) is 4.90 Å². The van der Waals surface area contributed by atoms with Crippen molar-refractivity contribution in [3.05, 3.63) is 35.6 Å². The summed E-state index contributed by atoms with van der Waals surface area (Å²) < 4.78 is 13.2. The van der Waals surface area contributed by atoms with Crippen molar-refractivity contribution in [2.45, 2.75) is 44.6 Å². The molecule has 3 rings (SSSR count). The van der Waals surface area contributed by atoms with E-state index in [1.807, 2.05) is 11.0 Å². The minimum Gasteiger partial charge on any atom is -0.343 e. The van der Waals surface area contributed by atoms with Crippen LogP contribution in [-0.4, -0.2) is 29.9 Å². The molecule has 1 saturated heterocycles. The third-order valence-corrected chi connectivity index (χ3v) is 5.02. The molecule has 1 saturated carbocycles. The normalized spacial score (nSPS) is 20.9. The molecule has 1 aromatic carbocycles. The Morgan fingerprint density at radius 1 is 1.27 bits per heavy atom. The molecule has 3 nitrogen and oxygen atoms in total. The summed E-state index contributed by atoms with van der Waals surface area (Å²) in [5.41, 5.74) is 7.10. The van der Waals surface area contributed by atoms with E-state index in [0.717, 1.165) is 37.9 Å². The van der Waals surface area contributed by atoms with Gasteiger partial charge < -0.3 is 10.6 Å². The summed E-state index contributed by atoms with van der Waals surface area (Å²) in [6, 6.07) is 6.90. The molecule has 2 N–H and O–H groups in total. The van der Waals surface area contributed by atoms with E-state index >= 15 is 0 Å². The fourth-order valence-corrected chi connectivity index (χ4v) is 3.41. The number of carbonyl (C=O) groups is 1. The van der Waals surface area contributed by atoms with Gasteiger partial charge in [0.15, 0.2) is 0 Å². The van der Waals surface area contributed by atoms with Gasteiger partial charge in [-0.25, -0.2) is 4.39 Å². The molecule has 4 heteroatoms. The Morgan fingerprint density at radius 2 is 2.00 bits per heavy atom. The van der Waals surface area contributed by atoms with Crippen LogP contribution in [0.15, 0.2) is 24.3 Å². The number of likely N-dealkylation sites (tertiary alicyclic amines) is 1. The van der Waals surface area contributed by atoms with Gasteiger partial charge in [-0.05, 0) is 61.6 Å². The van der Waals surface area contributed by atoms with Crippen molar-refractivity contribution < 1.29 is 9.18 Å². The van der Waals surface area contributed by atoms with Gasteiger partial charge >= 0.3 is 0 Å². The van der Waals surface area contributed by atoms with E-state index in [0.29, 0.717) is 18.3 Å². The minimum atomic E-state index is -0.167. The Balaban J connectivity index is 1.44. The molecule has 120 valence electrons. The minimum absolute atomic E-state index is 0.0533. The van der Waals surface area contributed by atoms with Crippen LogP contribution in [0.4, 0.5) is 4.39 Å². The molecule has 0 bridgehead atoms. The molecule has 2 aliphatic rings. The lowest BCUT2D eigenvalue weighted by Gasteiger charge is -2.32. The summed E-state index contributed by atoms with van der Waals surface area (Å²) in [4.78, 5) is 14.2. The number of benzene rings is 1. The Hall–Kier alpha value is -1.42. The first-order valence-corrected chi connectivity index (χ1v) is 8.39. The Labute approximate surface area is 131 Å². The fraction of sp³-hybridized carbons (Fsp3) is 0.611. The number of rotatable bonds is 5. The Kier molecular flexibility index (Phi) is 4.77. The SMILES string of the molecule is NC(CC(=O)N1CCC(Cc2cccc(F)c2)CC1)C1CC1. The highest BCUT2D eigenvalue weighted by Gasteiger charge is 2.31. The van der Waals surface area contributed by atoms with Crippen molar-refractivity contribution in [1.29, 1.82) is 0 Å². The van der Waals surface area contributed by atoms with Gasteiger partial charge in [-0.3, -0.25) is 4.79 Å². The maximum atomic E-state index is 13.2. The second kappa shape index (κ2) is 6.78. The van der Waals surface area contributed by atoms with E-state index in [4.69, 9.17) is 5.73 Å². The summed E-state index contributed by atoms with van der Waals surface area (Å²) in [6.07, 6.45) is 5.77. The Bertz CT molecular complexity index is 522. The van der Waals surface area contributed by atoms with Crippen LogP contribution in [0, 0.1) is 17.7 Å². The van der Waals surface area contributed by atoms with Gasteiger partial charge in [-0.2, -0.15) is 0 Å². The van der Waals surface area contributed by atoms with Gasteiger partial charge in [0.25, 0.3) is 0 Å². The predicted octanol–water partition coefficient (Wildman–Crippen LogP) is 2.73. The number of carbonyl (C=O) groups excluding carboxylic acids is 1. The van der Waals surface area contributed by atoms with Gasteiger partial charge in [0, 0.05) is 25.6 Å². The number of hydrogen-bond donors (Lipinski definition) is 1. The van der Waals surface area contributed by atoms with Crippen LogP contribution in [0.3, 0.4) is 0 Å². The molecule has 22 heavy (non-hydrogen) atoms. The van der Waals surface area contributed by atoms with E-state index in [-0.39, 0.29) is 17.8 Å². The standard InChI is InChI=1S/C18H25FN2O/c19-16-3-1-2-14(11-16)10-13-6-8-21(9-7-13)18(22)12-17(20)15-4-5-15/h1-3,11,13,15,17H,4-10,12,20H2. The zero-order chi connectivity index (χ0) is 15.5. The molecular weight excluding hydrogens is 279 g/mol. The van der Waals surface area contributed by atoms with E-state index in [2.05, 4.69) is 0 Å². The van der Waals surface area contributed by atoms with E-state index in [1.165, 1.54) is 18.9 Å². The number of nitrogens with two attached hydrogens (primary N) is 1. The molecular formula is C18H25FN2O. The molecule has 2 fully saturated rings. The van der Waals surface area contributed by atoms with E-state index in [1.54, 1.807) is 12.1 Å². The molecule has 0 radical (unpaired) electrons. The molecule has 1 aromatic rings. The van der Waals surface area contributed by atoms with E-state index < -0.39 is 0 Å². The molecule has 0 aromatic heterocycles. The average molecular weight is 304 g/mol. The molecule has 1 atom stereocenters.